The van der Waals surface area contributed by atoms with Crippen molar-refractivity contribution < 1.29 is 9.13 Å². The highest BCUT2D eigenvalue weighted by Crippen LogP contribution is 2.01. The summed E-state index contributed by atoms with van der Waals surface area (Å²) in [6.45, 7) is 0. The summed E-state index contributed by atoms with van der Waals surface area (Å²) in [5.74, 6) is 0. The number of rotatable bonds is 8. The maximum atomic E-state index is 3.97. The van der Waals surface area contributed by atoms with Crippen LogP contribution in [0.3, 0.4) is 0 Å². The zero-order valence-corrected chi connectivity index (χ0v) is 13.8. The summed E-state index contributed by atoms with van der Waals surface area (Å²) in [6.07, 6.45) is 18.3. The fourth-order valence-corrected chi connectivity index (χ4v) is 2.39. The van der Waals surface area contributed by atoms with Crippen LogP contribution in [0.2, 0.25) is 0 Å². The summed E-state index contributed by atoms with van der Waals surface area (Å²) in [5, 5.41) is 0. The van der Waals surface area contributed by atoms with E-state index in [-0.39, 0.29) is 0 Å². The van der Waals surface area contributed by atoms with Crippen molar-refractivity contribution in [2.45, 2.75) is 32.1 Å². The highest BCUT2D eigenvalue weighted by Gasteiger charge is 1.94. The van der Waals surface area contributed by atoms with E-state index >= 15 is 0 Å². The molecule has 2 heterocycles. The topological polar surface area (TPSA) is 7.76 Å². The Morgan fingerprint density at radius 2 is 1.17 bits per heavy atom. The van der Waals surface area contributed by atoms with E-state index in [4.69, 9.17) is 0 Å². The van der Waals surface area contributed by atoms with E-state index in [1.165, 1.54) is 17.8 Å². The van der Waals surface area contributed by atoms with Gasteiger partial charge in [-0.05, 0) is 19.3 Å². The van der Waals surface area contributed by atoms with Crippen LogP contribution in [0.25, 0.3) is 0 Å². The van der Waals surface area contributed by atoms with Crippen LogP contribution in [0.4, 0.5) is 0 Å². The van der Waals surface area contributed by atoms with Gasteiger partial charge in [0.25, 0.3) is 0 Å². The maximum Gasteiger partial charge on any atom is 0.0854 e. The number of nitrogens with zero attached hydrogens (tertiary/aromatic N) is 2. The third kappa shape index (κ3) is 6.03. The first kappa shape index (κ1) is 16.9. The summed E-state index contributed by atoms with van der Waals surface area (Å²) in [6, 6.07) is 12.3. The van der Waals surface area contributed by atoms with Gasteiger partial charge in [0.1, 0.15) is 0 Å². The molecule has 120 valence electrons. The predicted octanol–water partition coefficient (Wildman–Crippen LogP) is 3.61. The first-order valence-corrected chi connectivity index (χ1v) is 8.18. The van der Waals surface area contributed by atoms with Gasteiger partial charge in [0.15, 0.2) is 0 Å². The minimum absolute atomic E-state index is 0.942. The van der Waals surface area contributed by atoms with Crippen molar-refractivity contribution in [3.8, 4) is 0 Å². The fourth-order valence-electron chi connectivity index (χ4n) is 2.39. The molecule has 0 saturated heterocycles. The second-order valence-corrected chi connectivity index (χ2v) is 5.61. The third-order valence-corrected chi connectivity index (χ3v) is 3.80. The van der Waals surface area contributed by atoms with Crippen LogP contribution < -0.4 is 9.13 Å². The lowest BCUT2D eigenvalue weighted by Crippen LogP contribution is -2.29. The molecule has 23 heavy (non-hydrogen) atoms. The summed E-state index contributed by atoms with van der Waals surface area (Å²) in [7, 11) is 7.94. The first-order valence-electron chi connectivity index (χ1n) is 8.18. The van der Waals surface area contributed by atoms with Crippen LogP contribution in [0, 0.1) is 14.1 Å². The third-order valence-electron chi connectivity index (χ3n) is 3.80. The molecule has 2 aromatic rings. The van der Waals surface area contributed by atoms with Crippen LogP contribution in [0.15, 0.2) is 73.1 Å². The molecule has 2 rings (SSSR count). The summed E-state index contributed by atoms with van der Waals surface area (Å²) in [5.41, 5.74) is 2.46. The van der Waals surface area contributed by atoms with E-state index in [1.54, 1.807) is 0 Å². The monoisotopic (exact) mass is 306 g/mol. The maximum absolute atomic E-state index is 3.97. The molecule has 2 nitrogen and oxygen atoms in total. The Bertz CT molecular complexity index is 599. The van der Waals surface area contributed by atoms with E-state index in [9.17, 15) is 0 Å². The molecule has 0 fully saturated rings. The molecule has 0 aromatic carbocycles. The van der Waals surface area contributed by atoms with Crippen molar-refractivity contribution in [2.75, 3.05) is 0 Å². The van der Waals surface area contributed by atoms with Crippen LogP contribution in [0.5, 0.6) is 0 Å². The SMILES string of the molecule is [CH2-][n+]1ccccc1CC=CCCCC=CCc1cccc[n+]1[CH2-]. The Balaban J connectivity index is 1.60. The molecule has 0 unspecified atom stereocenters. The largest absolute Gasteiger partial charge is 0.337 e. The molecule has 0 atom stereocenters. The molecule has 0 aliphatic rings. The summed E-state index contributed by atoms with van der Waals surface area (Å²) >= 11 is 0. The standard InChI is InChI=1S/C21H26N2/c1-22-18-12-10-16-20(22)14-8-6-4-3-5-7-9-15-21-17-11-13-19-23(21)2/h6-13,16-19H,1-5,14-15H2. The van der Waals surface area contributed by atoms with Gasteiger partial charge in [-0.25, -0.2) is 0 Å². The van der Waals surface area contributed by atoms with E-state index in [1.807, 2.05) is 33.7 Å². The Labute approximate surface area is 140 Å². The molecule has 0 aliphatic carbocycles. The molecule has 2 heteroatoms. The van der Waals surface area contributed by atoms with Gasteiger partial charge in [-0.15, -0.1) is 0 Å². The molecule has 0 radical (unpaired) electrons. The highest BCUT2D eigenvalue weighted by molar-refractivity contribution is 5.04. The molecule has 0 aliphatic heterocycles. The molecule has 2 aromatic heterocycles. The van der Waals surface area contributed by atoms with Gasteiger partial charge in [-0.2, -0.15) is 0 Å². The van der Waals surface area contributed by atoms with Crippen molar-refractivity contribution in [3.63, 3.8) is 0 Å². The summed E-state index contributed by atoms with van der Waals surface area (Å²) in [4.78, 5) is 0. The van der Waals surface area contributed by atoms with Crippen molar-refractivity contribution in [3.05, 3.63) is 98.6 Å². The second-order valence-electron chi connectivity index (χ2n) is 5.61. The van der Waals surface area contributed by atoms with Crippen LogP contribution in [-0.2, 0) is 12.8 Å². The molecule has 0 bridgehead atoms. The average Bonchev–Trinajstić information content (AvgIpc) is 2.56. The quantitative estimate of drug-likeness (QED) is 0.305. The number of unbranched alkanes of at least 4 members (excludes halogenated alkanes) is 2. The second kappa shape index (κ2) is 9.52. The predicted molar refractivity (Wildman–Crippen MR) is 94.3 cm³/mol. The minimum atomic E-state index is 0.942. The molecular formula is C21H26N2. The van der Waals surface area contributed by atoms with Gasteiger partial charge in [-0.1, -0.05) is 60.7 Å². The molecule has 0 N–H and O–H groups in total. The lowest BCUT2D eigenvalue weighted by atomic mass is 10.1. The van der Waals surface area contributed by atoms with Crippen molar-refractivity contribution in [2.24, 2.45) is 0 Å². The van der Waals surface area contributed by atoms with E-state index in [0.717, 1.165) is 25.7 Å². The van der Waals surface area contributed by atoms with Gasteiger partial charge in [0.2, 0.25) is 0 Å². The minimum Gasteiger partial charge on any atom is -0.337 e. The van der Waals surface area contributed by atoms with E-state index in [2.05, 4.69) is 62.7 Å². The van der Waals surface area contributed by atoms with E-state index < -0.39 is 0 Å². The van der Waals surface area contributed by atoms with Crippen molar-refractivity contribution in [1.29, 1.82) is 0 Å². The Morgan fingerprint density at radius 1 is 0.696 bits per heavy atom. The van der Waals surface area contributed by atoms with Gasteiger partial charge < -0.3 is 9.13 Å². The number of hydrogen-bond acceptors (Lipinski definition) is 0. The molecule has 0 saturated carbocycles. The van der Waals surface area contributed by atoms with Crippen LogP contribution in [-0.4, -0.2) is 0 Å². The molecule has 0 spiro atoms. The van der Waals surface area contributed by atoms with Gasteiger partial charge in [-0.3, -0.25) is 0 Å². The number of allylic oxidation sites excluding steroid dienone is 4. The smallest absolute Gasteiger partial charge is 0.0854 e. The highest BCUT2D eigenvalue weighted by atomic mass is 14.9. The Hall–Kier alpha value is -2.48. The Kier molecular flexibility index (Phi) is 6.99. The molecular weight excluding hydrogens is 280 g/mol. The zero-order valence-electron chi connectivity index (χ0n) is 13.8. The normalized spacial score (nSPS) is 11.5. The van der Waals surface area contributed by atoms with Crippen LogP contribution in [0.1, 0.15) is 30.7 Å². The van der Waals surface area contributed by atoms with Gasteiger partial charge in [0.05, 0.1) is 23.8 Å². The van der Waals surface area contributed by atoms with Crippen molar-refractivity contribution >= 4 is 0 Å². The molecule has 0 amide bonds. The van der Waals surface area contributed by atoms with Crippen LogP contribution >= 0.6 is 0 Å². The van der Waals surface area contributed by atoms with E-state index in [0.29, 0.717) is 0 Å². The zero-order chi connectivity index (χ0) is 16.3. The van der Waals surface area contributed by atoms with Crippen molar-refractivity contribution in [1.82, 2.24) is 0 Å². The first-order chi connectivity index (χ1) is 11.3. The Morgan fingerprint density at radius 3 is 1.61 bits per heavy atom. The van der Waals surface area contributed by atoms with Gasteiger partial charge in [0, 0.05) is 26.9 Å². The average molecular weight is 306 g/mol. The summed E-state index contributed by atoms with van der Waals surface area (Å²) < 4.78 is 3.84. The lowest BCUT2D eigenvalue weighted by Gasteiger charge is -2.03. The number of pyridine rings is 2. The number of hydrogen-bond donors (Lipinski definition) is 0. The lowest BCUT2D eigenvalue weighted by molar-refractivity contribution is -0.620. The van der Waals surface area contributed by atoms with Gasteiger partial charge >= 0.3 is 0 Å². The number of aromatic nitrogens is 2. The fraction of sp³-hybridized carbons (Fsp3) is 0.238.